The van der Waals surface area contributed by atoms with Gasteiger partial charge in [0.2, 0.25) is 0 Å². The van der Waals surface area contributed by atoms with Gasteiger partial charge >= 0.3 is 0 Å². The maximum atomic E-state index is 10.4. The van der Waals surface area contributed by atoms with Crippen LogP contribution in [0.1, 0.15) is 134 Å². The van der Waals surface area contributed by atoms with Crippen molar-refractivity contribution in [2.24, 2.45) is 0 Å². The Balaban J connectivity index is -0.000000274. The van der Waals surface area contributed by atoms with Crippen LogP contribution in [0, 0.1) is 55.4 Å². The fourth-order valence-electron chi connectivity index (χ4n) is 6.43. The van der Waals surface area contributed by atoms with Crippen LogP contribution in [0.5, 0.6) is 11.5 Å². The highest BCUT2D eigenvalue weighted by Gasteiger charge is 2.27. The van der Waals surface area contributed by atoms with E-state index in [4.69, 9.17) is 5.73 Å². The average molecular weight is 883 g/mol. The molecule has 0 heterocycles. The van der Waals surface area contributed by atoms with E-state index in [1.54, 1.807) is 0 Å². The summed E-state index contributed by atoms with van der Waals surface area (Å²) in [6, 6.07) is 38.3. The number of phenolic OH excluding ortho intramolecular Hbond substituents is 2. The first-order valence-corrected chi connectivity index (χ1v) is 22.0. The topological polar surface area (TPSA) is 103 Å². The summed E-state index contributed by atoms with van der Waals surface area (Å²) >= 11 is 0. The highest BCUT2D eigenvalue weighted by atomic mass is 16.3. The SMILES string of the molecule is C.C.CC.CC.CC.CC.Cc1c(C)c(C(C)(C)Nc2ccc(Nc3ccccc3)cc2)c(C)c(C)c1O.Cc1cc(C)c(C)c(O)c1C.Nc1ccc(Nc2ccccc2)cc1.[B].[B]. The summed E-state index contributed by atoms with van der Waals surface area (Å²) in [5.74, 6) is 0.855. The maximum absolute atomic E-state index is 10.4. The number of benzene rings is 6. The molecule has 6 aromatic rings. The van der Waals surface area contributed by atoms with Crippen molar-refractivity contribution in [3.8, 4) is 11.5 Å². The molecule has 7 N–H and O–H groups in total. The molecule has 65 heavy (non-hydrogen) atoms. The number of hydrogen-bond acceptors (Lipinski definition) is 6. The van der Waals surface area contributed by atoms with Gasteiger partial charge in [0.1, 0.15) is 11.5 Å². The zero-order valence-electron chi connectivity index (χ0n) is 42.1. The van der Waals surface area contributed by atoms with Gasteiger partial charge in [0.15, 0.2) is 0 Å². The van der Waals surface area contributed by atoms with Gasteiger partial charge in [-0.15, -0.1) is 0 Å². The fraction of sp³-hybridized carbons (Fsp3) is 0.368. The minimum Gasteiger partial charge on any atom is -0.507 e. The monoisotopic (exact) mass is 883 g/mol. The van der Waals surface area contributed by atoms with Crippen LogP contribution < -0.4 is 21.7 Å². The van der Waals surface area contributed by atoms with Crippen molar-refractivity contribution in [3.05, 3.63) is 165 Å². The lowest BCUT2D eigenvalue weighted by Crippen LogP contribution is -2.30. The molecule has 6 aromatic carbocycles. The number of anilines is 6. The van der Waals surface area contributed by atoms with Crippen LogP contribution in [0.4, 0.5) is 34.1 Å². The molecule has 6 nitrogen and oxygen atoms in total. The Hall–Kier alpha value is -5.75. The van der Waals surface area contributed by atoms with Gasteiger partial charge < -0.3 is 31.9 Å². The second kappa shape index (κ2) is 35.6. The van der Waals surface area contributed by atoms with Crippen LogP contribution in [0.25, 0.3) is 0 Å². The Morgan fingerprint density at radius 1 is 0.400 bits per heavy atom. The number of aromatic hydroxyl groups is 2. The van der Waals surface area contributed by atoms with Gasteiger partial charge in [-0.05, 0) is 192 Å². The lowest BCUT2D eigenvalue weighted by atomic mass is 9.82. The van der Waals surface area contributed by atoms with Gasteiger partial charge in [-0.3, -0.25) is 0 Å². The number of aryl methyl sites for hydroxylation is 2. The van der Waals surface area contributed by atoms with E-state index in [9.17, 15) is 10.2 Å². The molecule has 0 saturated carbocycles. The first-order chi connectivity index (χ1) is 29.1. The quantitative estimate of drug-likeness (QED) is 0.0705. The summed E-state index contributed by atoms with van der Waals surface area (Å²) < 4.78 is 0. The third-order valence-electron chi connectivity index (χ3n) is 9.91. The number of phenols is 2. The van der Waals surface area contributed by atoms with Crippen LogP contribution in [-0.2, 0) is 5.54 Å². The van der Waals surface area contributed by atoms with Crippen molar-refractivity contribution < 1.29 is 10.2 Å². The van der Waals surface area contributed by atoms with E-state index in [0.717, 1.165) is 78.6 Å². The predicted octanol–water partition coefficient (Wildman–Crippen LogP) is 17.0. The third-order valence-corrected chi connectivity index (χ3v) is 9.91. The van der Waals surface area contributed by atoms with Crippen molar-refractivity contribution in [2.45, 2.75) is 145 Å². The molecule has 6 radical (unpaired) electrons. The van der Waals surface area contributed by atoms with Crippen molar-refractivity contribution in [3.63, 3.8) is 0 Å². The molecule has 0 aliphatic carbocycles. The average Bonchev–Trinajstić information content (AvgIpc) is 3.29. The van der Waals surface area contributed by atoms with Crippen LogP contribution in [0.3, 0.4) is 0 Å². The number of rotatable bonds is 7. The lowest BCUT2D eigenvalue weighted by molar-refractivity contribution is 0.463. The van der Waals surface area contributed by atoms with E-state index in [0.29, 0.717) is 11.5 Å². The van der Waals surface area contributed by atoms with Crippen molar-refractivity contribution in [1.29, 1.82) is 0 Å². The Kier molecular flexibility index (Phi) is 37.4. The van der Waals surface area contributed by atoms with Gasteiger partial charge in [-0.25, -0.2) is 0 Å². The van der Waals surface area contributed by atoms with Gasteiger partial charge in [-0.2, -0.15) is 0 Å². The highest BCUT2D eigenvalue weighted by molar-refractivity contribution is 5.76. The van der Waals surface area contributed by atoms with Gasteiger partial charge in [0.25, 0.3) is 0 Å². The predicted molar refractivity (Wildman–Crippen MR) is 298 cm³/mol. The molecule has 0 atom stereocenters. The first-order valence-electron chi connectivity index (χ1n) is 22.0. The largest absolute Gasteiger partial charge is 0.507 e. The highest BCUT2D eigenvalue weighted by Crippen LogP contribution is 2.38. The van der Waals surface area contributed by atoms with Gasteiger partial charge in [-0.1, -0.05) is 113 Å². The standard InChI is InChI=1S/C25H30N2O.C12H12N2.C10H14O.4C2H6.2CH4.2B/c1-16-18(3)24(28)19(4)17(2)23(16)25(5,6)27-22-14-12-21(13-15-22)26-20-10-8-7-9-11-20;13-10-6-8-12(9-7-10)14-11-4-2-1-3-5-11;1-6-5-7(2)9(4)10(11)8(6)3;4*1-2;;;;/h7-15,26-28H,1-6H3;1-9,14H,13H2;5,11H,1-4H3;4*1-2H3;2*1H4;;. The normalized spacial score (nSPS) is 9.08. The lowest BCUT2D eigenvalue weighted by Gasteiger charge is -2.33. The van der Waals surface area contributed by atoms with E-state index in [1.165, 1.54) is 5.56 Å². The molecule has 354 valence electrons. The number of nitrogens with two attached hydrogens (primary N) is 1. The van der Waals surface area contributed by atoms with Crippen molar-refractivity contribution in [1.82, 2.24) is 0 Å². The van der Waals surface area contributed by atoms with Crippen molar-refractivity contribution >= 4 is 51.0 Å². The van der Waals surface area contributed by atoms with E-state index in [1.807, 2.05) is 170 Å². The molecule has 0 aliphatic heterocycles. The summed E-state index contributed by atoms with van der Waals surface area (Å²) in [4.78, 5) is 0. The van der Waals surface area contributed by atoms with E-state index < -0.39 is 0 Å². The molecule has 0 aliphatic rings. The van der Waals surface area contributed by atoms with Crippen LogP contribution >= 0.6 is 0 Å². The Morgan fingerprint density at radius 3 is 1.02 bits per heavy atom. The second-order valence-electron chi connectivity index (χ2n) is 14.3. The van der Waals surface area contributed by atoms with Crippen LogP contribution in [-0.4, -0.2) is 27.0 Å². The minimum absolute atomic E-state index is 0. The molecule has 0 unspecified atom stereocenters. The number of para-hydroxylation sites is 2. The maximum Gasteiger partial charge on any atom is 0.121 e. The Bertz CT molecular complexity index is 2070. The molecule has 0 bridgehead atoms. The first kappa shape index (κ1) is 68.3. The second-order valence-corrected chi connectivity index (χ2v) is 14.3. The van der Waals surface area contributed by atoms with Gasteiger partial charge in [0, 0.05) is 51.0 Å². The molecule has 6 rings (SSSR count). The van der Waals surface area contributed by atoms with Crippen molar-refractivity contribution in [2.75, 3.05) is 21.7 Å². The molecule has 0 aromatic heterocycles. The van der Waals surface area contributed by atoms with Crippen LogP contribution in [0.15, 0.2) is 115 Å². The molecule has 0 saturated heterocycles. The summed E-state index contributed by atoms with van der Waals surface area (Å²) in [5, 5.41) is 30.3. The molecular weight excluding hydrogens is 794 g/mol. The molecular formula is C57H88B2N4O2. The summed E-state index contributed by atoms with van der Waals surface area (Å²) in [6.45, 7) is 36.4. The molecule has 0 spiro atoms. The van der Waals surface area contributed by atoms with E-state index in [-0.39, 0.29) is 37.2 Å². The molecule has 0 amide bonds. The summed E-state index contributed by atoms with van der Waals surface area (Å²) in [5.41, 5.74) is 21.1. The zero-order chi connectivity index (χ0) is 46.9. The van der Waals surface area contributed by atoms with Crippen LogP contribution in [0.2, 0.25) is 0 Å². The summed E-state index contributed by atoms with van der Waals surface area (Å²) in [7, 11) is 0. The molecule has 0 fully saturated rings. The number of nitrogen functional groups attached to an aromatic ring is 1. The third kappa shape index (κ3) is 21.2. The Morgan fingerprint density at radius 2 is 0.677 bits per heavy atom. The number of nitrogens with one attached hydrogen (secondary N) is 3. The Labute approximate surface area is 403 Å². The molecule has 8 heteroatoms. The number of hydrogen-bond donors (Lipinski definition) is 6. The smallest absolute Gasteiger partial charge is 0.121 e. The fourth-order valence-corrected chi connectivity index (χ4v) is 6.43. The van der Waals surface area contributed by atoms with Gasteiger partial charge in [0.05, 0.1) is 5.54 Å². The zero-order valence-corrected chi connectivity index (χ0v) is 42.1. The summed E-state index contributed by atoms with van der Waals surface area (Å²) in [6.07, 6.45) is 0. The van der Waals surface area contributed by atoms with E-state index in [2.05, 4.69) is 86.1 Å². The minimum atomic E-state index is -0.272. The van der Waals surface area contributed by atoms with E-state index >= 15 is 0 Å².